The molecule has 0 bridgehead atoms. The number of hydrogen-bond acceptors (Lipinski definition) is 2. The SMILES string of the molecule is O=c1c2ccc(O)cc2c2cccc3c4ccccc4n1c23. The summed E-state index contributed by atoms with van der Waals surface area (Å²) in [4.78, 5) is 13.0. The molecule has 104 valence electrons. The number of fused-ring (bicyclic) bond motifs is 5. The van der Waals surface area contributed by atoms with Gasteiger partial charge >= 0.3 is 0 Å². The van der Waals surface area contributed by atoms with Crippen LogP contribution in [-0.4, -0.2) is 9.51 Å². The van der Waals surface area contributed by atoms with Gasteiger partial charge in [-0.15, -0.1) is 0 Å². The van der Waals surface area contributed by atoms with Gasteiger partial charge in [0.1, 0.15) is 5.75 Å². The van der Waals surface area contributed by atoms with Crippen molar-refractivity contribution >= 4 is 38.0 Å². The Morgan fingerprint density at radius 3 is 2.32 bits per heavy atom. The number of hydrogen-bond donors (Lipinski definition) is 1. The number of phenolic OH excluding ortho intramolecular Hbond substituents is 1. The lowest BCUT2D eigenvalue weighted by Gasteiger charge is -2.06. The molecule has 2 heterocycles. The molecule has 3 aromatic carbocycles. The standard InChI is InChI=1S/C19H11NO2/c21-11-8-9-15-16(10-11)14-6-3-5-13-12-4-1-2-7-17(12)20(18(13)14)19(15)22/h1-10,21H. The summed E-state index contributed by atoms with van der Waals surface area (Å²) in [6.07, 6.45) is 0. The number of para-hydroxylation sites is 2. The van der Waals surface area contributed by atoms with Gasteiger partial charge in [-0.25, -0.2) is 0 Å². The van der Waals surface area contributed by atoms with Gasteiger partial charge in [-0.3, -0.25) is 9.20 Å². The molecule has 0 unspecified atom stereocenters. The molecular weight excluding hydrogens is 274 g/mol. The van der Waals surface area contributed by atoms with E-state index in [0.29, 0.717) is 5.39 Å². The predicted molar refractivity (Wildman–Crippen MR) is 89.0 cm³/mol. The van der Waals surface area contributed by atoms with E-state index in [2.05, 4.69) is 0 Å². The number of aromatic hydroxyl groups is 1. The van der Waals surface area contributed by atoms with Gasteiger partial charge in [0.2, 0.25) is 0 Å². The van der Waals surface area contributed by atoms with E-state index in [-0.39, 0.29) is 11.3 Å². The average Bonchev–Trinajstić information content (AvgIpc) is 2.88. The normalized spacial score (nSPS) is 12.0. The molecule has 5 aromatic rings. The largest absolute Gasteiger partial charge is 0.508 e. The van der Waals surface area contributed by atoms with Crippen LogP contribution >= 0.6 is 0 Å². The first-order chi connectivity index (χ1) is 10.8. The van der Waals surface area contributed by atoms with Gasteiger partial charge in [0.05, 0.1) is 11.0 Å². The average molecular weight is 285 g/mol. The van der Waals surface area contributed by atoms with Crippen LogP contribution in [0.3, 0.4) is 0 Å². The topological polar surface area (TPSA) is 41.7 Å². The zero-order chi connectivity index (χ0) is 14.8. The fourth-order valence-corrected chi connectivity index (χ4v) is 3.51. The molecule has 0 radical (unpaired) electrons. The minimum atomic E-state index is -0.0418. The number of aromatic nitrogens is 1. The van der Waals surface area contributed by atoms with Gasteiger partial charge in [-0.2, -0.15) is 0 Å². The molecule has 0 amide bonds. The third-order valence-corrected chi connectivity index (χ3v) is 4.42. The minimum Gasteiger partial charge on any atom is -0.508 e. The number of phenols is 1. The van der Waals surface area contributed by atoms with Gasteiger partial charge in [-0.1, -0.05) is 36.4 Å². The molecule has 0 spiro atoms. The Morgan fingerprint density at radius 2 is 1.45 bits per heavy atom. The Morgan fingerprint density at radius 1 is 0.727 bits per heavy atom. The van der Waals surface area contributed by atoms with Crippen molar-refractivity contribution in [1.82, 2.24) is 4.40 Å². The van der Waals surface area contributed by atoms with E-state index in [0.717, 1.165) is 32.6 Å². The monoisotopic (exact) mass is 285 g/mol. The zero-order valence-corrected chi connectivity index (χ0v) is 11.6. The van der Waals surface area contributed by atoms with Crippen molar-refractivity contribution in [2.24, 2.45) is 0 Å². The summed E-state index contributed by atoms with van der Waals surface area (Å²) in [5.74, 6) is 0.174. The summed E-state index contributed by atoms with van der Waals surface area (Å²) in [5.41, 5.74) is 1.81. The molecule has 3 heteroatoms. The number of pyridine rings is 1. The fourth-order valence-electron chi connectivity index (χ4n) is 3.51. The van der Waals surface area contributed by atoms with Crippen molar-refractivity contribution in [3.63, 3.8) is 0 Å². The van der Waals surface area contributed by atoms with E-state index in [1.807, 2.05) is 42.5 Å². The molecule has 0 fully saturated rings. The second-order valence-corrected chi connectivity index (χ2v) is 5.59. The highest BCUT2D eigenvalue weighted by Gasteiger charge is 2.16. The lowest BCUT2D eigenvalue weighted by Crippen LogP contribution is -2.12. The van der Waals surface area contributed by atoms with Crippen LogP contribution in [0, 0.1) is 0 Å². The summed E-state index contributed by atoms with van der Waals surface area (Å²) in [6.45, 7) is 0. The van der Waals surface area contributed by atoms with Crippen molar-refractivity contribution in [1.29, 1.82) is 0 Å². The number of rotatable bonds is 0. The zero-order valence-electron chi connectivity index (χ0n) is 11.6. The van der Waals surface area contributed by atoms with Crippen LogP contribution in [-0.2, 0) is 0 Å². The van der Waals surface area contributed by atoms with Crippen LogP contribution < -0.4 is 5.56 Å². The summed E-state index contributed by atoms with van der Waals surface area (Å²) >= 11 is 0. The van der Waals surface area contributed by atoms with Crippen LogP contribution in [0.25, 0.3) is 38.0 Å². The van der Waals surface area contributed by atoms with E-state index >= 15 is 0 Å². The summed E-state index contributed by atoms with van der Waals surface area (Å²) in [5, 5.41) is 14.3. The van der Waals surface area contributed by atoms with Gasteiger partial charge < -0.3 is 5.11 Å². The highest BCUT2D eigenvalue weighted by molar-refractivity contribution is 6.20. The van der Waals surface area contributed by atoms with E-state index in [9.17, 15) is 9.90 Å². The highest BCUT2D eigenvalue weighted by Crippen LogP contribution is 2.34. The second-order valence-electron chi connectivity index (χ2n) is 5.59. The van der Waals surface area contributed by atoms with Crippen LogP contribution in [0.4, 0.5) is 0 Å². The van der Waals surface area contributed by atoms with Gasteiger partial charge in [0.25, 0.3) is 5.56 Å². The molecule has 0 aliphatic carbocycles. The van der Waals surface area contributed by atoms with E-state index < -0.39 is 0 Å². The molecule has 0 saturated heterocycles. The van der Waals surface area contributed by atoms with E-state index in [4.69, 9.17) is 0 Å². The van der Waals surface area contributed by atoms with Crippen molar-refractivity contribution in [2.75, 3.05) is 0 Å². The number of benzene rings is 3. The molecule has 3 nitrogen and oxygen atoms in total. The maximum Gasteiger partial charge on any atom is 0.263 e. The van der Waals surface area contributed by atoms with Crippen molar-refractivity contribution in [3.05, 3.63) is 71.0 Å². The molecule has 0 atom stereocenters. The molecule has 1 N–H and O–H groups in total. The van der Waals surface area contributed by atoms with E-state index in [1.165, 1.54) is 0 Å². The molecule has 5 rings (SSSR count). The quantitative estimate of drug-likeness (QED) is 0.438. The van der Waals surface area contributed by atoms with Crippen LogP contribution in [0.15, 0.2) is 65.5 Å². The predicted octanol–water partition coefficient (Wildman–Crippen LogP) is 3.90. The summed E-state index contributed by atoms with van der Waals surface area (Å²) in [6, 6.07) is 18.9. The second kappa shape index (κ2) is 3.77. The number of nitrogens with zero attached hydrogens (tertiary/aromatic N) is 1. The molecular formula is C19H11NO2. The lowest BCUT2D eigenvalue weighted by molar-refractivity contribution is 0.476. The summed E-state index contributed by atoms with van der Waals surface area (Å²) < 4.78 is 1.79. The molecule has 22 heavy (non-hydrogen) atoms. The molecule has 2 aromatic heterocycles. The van der Waals surface area contributed by atoms with Gasteiger partial charge in [0, 0.05) is 26.9 Å². The maximum atomic E-state index is 13.0. The lowest BCUT2D eigenvalue weighted by atomic mass is 10.0. The Labute approximate surface area is 125 Å². The first kappa shape index (κ1) is 11.6. The molecule has 0 saturated carbocycles. The third-order valence-electron chi connectivity index (χ3n) is 4.42. The van der Waals surface area contributed by atoms with Crippen molar-refractivity contribution < 1.29 is 5.11 Å². The molecule has 0 aliphatic rings. The molecule has 0 aliphatic heterocycles. The Kier molecular flexibility index (Phi) is 1.98. The van der Waals surface area contributed by atoms with Crippen LogP contribution in [0.5, 0.6) is 5.75 Å². The fraction of sp³-hybridized carbons (Fsp3) is 0. The minimum absolute atomic E-state index is 0.0418. The van der Waals surface area contributed by atoms with E-state index in [1.54, 1.807) is 22.6 Å². The van der Waals surface area contributed by atoms with Gasteiger partial charge in [0.15, 0.2) is 0 Å². The Bertz CT molecular complexity index is 1250. The van der Waals surface area contributed by atoms with Gasteiger partial charge in [-0.05, 0) is 24.3 Å². The van der Waals surface area contributed by atoms with Crippen molar-refractivity contribution in [3.8, 4) is 5.75 Å². The third kappa shape index (κ3) is 1.24. The van der Waals surface area contributed by atoms with Crippen molar-refractivity contribution in [2.45, 2.75) is 0 Å². The first-order valence-corrected chi connectivity index (χ1v) is 7.16. The Hall–Kier alpha value is -3.07. The summed E-state index contributed by atoms with van der Waals surface area (Å²) in [7, 11) is 0. The Balaban J connectivity index is 2.29. The van der Waals surface area contributed by atoms with Crippen LogP contribution in [0.1, 0.15) is 0 Å². The first-order valence-electron chi connectivity index (χ1n) is 7.16. The highest BCUT2D eigenvalue weighted by atomic mass is 16.3. The maximum absolute atomic E-state index is 13.0. The van der Waals surface area contributed by atoms with Crippen LogP contribution in [0.2, 0.25) is 0 Å². The smallest absolute Gasteiger partial charge is 0.263 e.